The normalized spacial score (nSPS) is 16.4. The molecule has 6 nitrogen and oxygen atoms in total. The molecule has 154 valence electrons. The van der Waals surface area contributed by atoms with Gasteiger partial charge in [0.25, 0.3) is 5.91 Å². The Hall–Kier alpha value is -3.28. The number of likely N-dealkylation sites (tertiary alicyclic amines) is 1. The number of carbonyl (C=O) groups excluding carboxylic acids is 1. The summed E-state index contributed by atoms with van der Waals surface area (Å²) in [6.07, 6.45) is 5.23. The predicted molar refractivity (Wildman–Crippen MR) is 119 cm³/mol. The molecule has 2 aromatic heterocycles. The molecule has 0 spiro atoms. The second kappa shape index (κ2) is 8.61. The minimum absolute atomic E-state index is 0.0130. The average molecular weight is 402 g/mol. The average Bonchev–Trinajstić information content (AvgIpc) is 2.79. The molecule has 0 aliphatic carbocycles. The maximum absolute atomic E-state index is 13.0. The molecule has 1 aliphatic heterocycles. The summed E-state index contributed by atoms with van der Waals surface area (Å²) in [5, 5.41) is 0. The van der Waals surface area contributed by atoms with E-state index in [4.69, 9.17) is 4.98 Å². The number of piperidine rings is 1. The van der Waals surface area contributed by atoms with Crippen LogP contribution in [0.1, 0.15) is 40.5 Å². The fourth-order valence-corrected chi connectivity index (χ4v) is 3.95. The Labute approximate surface area is 177 Å². The van der Waals surface area contributed by atoms with Crippen LogP contribution in [0.2, 0.25) is 0 Å². The van der Waals surface area contributed by atoms with E-state index < -0.39 is 0 Å². The Kier molecular flexibility index (Phi) is 5.74. The van der Waals surface area contributed by atoms with Crippen LogP contribution >= 0.6 is 0 Å². The van der Waals surface area contributed by atoms with Crippen molar-refractivity contribution in [1.29, 1.82) is 0 Å². The summed E-state index contributed by atoms with van der Waals surface area (Å²) in [6, 6.07) is 14.7. The molecule has 1 fully saturated rings. The molecule has 1 saturated heterocycles. The summed E-state index contributed by atoms with van der Waals surface area (Å²) >= 11 is 0. The standard InChI is InChI=1S/C24H27N5O/c1-17-12-20(18-8-5-4-6-9-18)13-22(27-17)19-10-7-11-29(16-19)23(30)21-14-25-24(26-15-21)28(2)3/h4-6,8-9,12-15,19H,7,10-11,16H2,1-3H3/t19-/m0/s1. The van der Waals surface area contributed by atoms with E-state index in [1.807, 2.05) is 36.9 Å². The van der Waals surface area contributed by atoms with E-state index >= 15 is 0 Å². The highest BCUT2D eigenvalue weighted by atomic mass is 16.2. The van der Waals surface area contributed by atoms with E-state index in [1.165, 1.54) is 11.1 Å². The molecule has 0 saturated carbocycles. The topological polar surface area (TPSA) is 62.2 Å². The molecule has 1 amide bonds. The predicted octanol–water partition coefficient (Wildman–Crippen LogP) is 3.93. The maximum Gasteiger partial charge on any atom is 0.257 e. The molecular weight excluding hydrogens is 374 g/mol. The first kappa shape index (κ1) is 20.0. The van der Waals surface area contributed by atoms with Crippen LogP contribution in [0.25, 0.3) is 11.1 Å². The number of pyridine rings is 1. The molecule has 0 radical (unpaired) electrons. The lowest BCUT2D eigenvalue weighted by Gasteiger charge is -2.32. The summed E-state index contributed by atoms with van der Waals surface area (Å²) in [4.78, 5) is 30.1. The molecular formula is C24H27N5O. The van der Waals surface area contributed by atoms with Crippen LogP contribution in [0.4, 0.5) is 5.95 Å². The number of benzene rings is 1. The molecule has 1 aromatic carbocycles. The zero-order valence-electron chi connectivity index (χ0n) is 17.7. The Balaban J connectivity index is 1.54. The van der Waals surface area contributed by atoms with Crippen molar-refractivity contribution in [2.45, 2.75) is 25.7 Å². The summed E-state index contributed by atoms with van der Waals surface area (Å²) in [6.45, 7) is 3.45. The number of aryl methyl sites for hydroxylation is 1. The second-order valence-corrected chi connectivity index (χ2v) is 8.04. The van der Waals surface area contributed by atoms with Gasteiger partial charge in [-0.3, -0.25) is 9.78 Å². The summed E-state index contributed by atoms with van der Waals surface area (Å²) in [5.41, 5.74) is 4.96. The van der Waals surface area contributed by atoms with Crippen molar-refractivity contribution in [3.8, 4) is 11.1 Å². The quantitative estimate of drug-likeness (QED) is 0.663. The van der Waals surface area contributed by atoms with Gasteiger partial charge in [0.05, 0.1) is 5.56 Å². The number of hydrogen-bond acceptors (Lipinski definition) is 5. The van der Waals surface area contributed by atoms with Crippen LogP contribution in [0.3, 0.4) is 0 Å². The van der Waals surface area contributed by atoms with Crippen LogP contribution in [0.15, 0.2) is 54.9 Å². The Morgan fingerprint density at radius 1 is 1.07 bits per heavy atom. The first-order chi connectivity index (χ1) is 14.5. The molecule has 1 atom stereocenters. The Morgan fingerprint density at radius 2 is 1.80 bits per heavy atom. The SMILES string of the molecule is Cc1cc(-c2ccccc2)cc([C@H]2CCCN(C(=O)c3cnc(N(C)C)nc3)C2)n1. The van der Waals surface area contributed by atoms with Crippen molar-refractivity contribution < 1.29 is 4.79 Å². The lowest BCUT2D eigenvalue weighted by molar-refractivity contribution is 0.0705. The smallest absolute Gasteiger partial charge is 0.257 e. The molecule has 0 bridgehead atoms. The third kappa shape index (κ3) is 4.32. The lowest BCUT2D eigenvalue weighted by atomic mass is 9.92. The number of hydrogen-bond donors (Lipinski definition) is 0. The summed E-state index contributed by atoms with van der Waals surface area (Å²) in [7, 11) is 3.76. The van der Waals surface area contributed by atoms with Gasteiger partial charge in [-0.25, -0.2) is 9.97 Å². The zero-order chi connectivity index (χ0) is 21.1. The third-order valence-corrected chi connectivity index (χ3v) is 5.49. The van der Waals surface area contributed by atoms with Gasteiger partial charge < -0.3 is 9.80 Å². The fraction of sp³-hybridized carbons (Fsp3) is 0.333. The zero-order valence-corrected chi connectivity index (χ0v) is 17.7. The number of amides is 1. The van der Waals surface area contributed by atoms with Crippen molar-refractivity contribution in [1.82, 2.24) is 19.9 Å². The van der Waals surface area contributed by atoms with Crippen LogP contribution in [-0.2, 0) is 0 Å². The monoisotopic (exact) mass is 401 g/mol. The first-order valence-electron chi connectivity index (χ1n) is 10.3. The van der Waals surface area contributed by atoms with Gasteiger partial charge in [-0.15, -0.1) is 0 Å². The molecule has 4 rings (SSSR count). The van der Waals surface area contributed by atoms with E-state index in [1.54, 1.807) is 12.4 Å². The Morgan fingerprint density at radius 3 is 2.50 bits per heavy atom. The lowest BCUT2D eigenvalue weighted by Crippen LogP contribution is -2.39. The van der Waals surface area contributed by atoms with Gasteiger partial charge in [0, 0.05) is 56.9 Å². The van der Waals surface area contributed by atoms with Crippen molar-refractivity contribution in [2.24, 2.45) is 0 Å². The molecule has 6 heteroatoms. The number of aromatic nitrogens is 3. The van der Waals surface area contributed by atoms with E-state index in [-0.39, 0.29) is 11.8 Å². The highest BCUT2D eigenvalue weighted by molar-refractivity contribution is 5.93. The molecule has 30 heavy (non-hydrogen) atoms. The first-order valence-corrected chi connectivity index (χ1v) is 10.3. The number of anilines is 1. The Bertz CT molecular complexity index is 1020. The number of nitrogens with zero attached hydrogens (tertiary/aromatic N) is 5. The largest absolute Gasteiger partial charge is 0.347 e. The van der Waals surface area contributed by atoms with Crippen LogP contribution in [-0.4, -0.2) is 52.9 Å². The van der Waals surface area contributed by atoms with Crippen LogP contribution in [0.5, 0.6) is 0 Å². The van der Waals surface area contributed by atoms with E-state index in [0.29, 0.717) is 18.1 Å². The maximum atomic E-state index is 13.0. The number of carbonyl (C=O) groups is 1. The van der Waals surface area contributed by atoms with Crippen molar-refractivity contribution >= 4 is 11.9 Å². The highest BCUT2D eigenvalue weighted by Crippen LogP contribution is 2.30. The molecule has 3 heterocycles. The third-order valence-electron chi connectivity index (χ3n) is 5.49. The minimum atomic E-state index is -0.0130. The van der Waals surface area contributed by atoms with Gasteiger partial charge in [-0.05, 0) is 43.0 Å². The van der Waals surface area contributed by atoms with Crippen LogP contribution < -0.4 is 4.90 Å². The van der Waals surface area contributed by atoms with Gasteiger partial charge >= 0.3 is 0 Å². The van der Waals surface area contributed by atoms with Crippen molar-refractivity contribution in [3.63, 3.8) is 0 Å². The van der Waals surface area contributed by atoms with E-state index in [9.17, 15) is 4.79 Å². The van der Waals surface area contributed by atoms with E-state index in [2.05, 4.69) is 46.4 Å². The van der Waals surface area contributed by atoms with Crippen molar-refractivity contribution in [2.75, 3.05) is 32.1 Å². The number of rotatable bonds is 4. The summed E-state index contributed by atoms with van der Waals surface area (Å²) in [5.74, 6) is 0.813. The fourth-order valence-electron chi connectivity index (χ4n) is 3.95. The molecule has 0 unspecified atom stereocenters. The highest BCUT2D eigenvalue weighted by Gasteiger charge is 2.27. The van der Waals surface area contributed by atoms with E-state index in [0.717, 1.165) is 30.8 Å². The van der Waals surface area contributed by atoms with Crippen LogP contribution in [0, 0.1) is 6.92 Å². The van der Waals surface area contributed by atoms with Gasteiger partial charge in [-0.2, -0.15) is 0 Å². The molecule has 1 aliphatic rings. The van der Waals surface area contributed by atoms with Gasteiger partial charge in [0.2, 0.25) is 5.95 Å². The summed E-state index contributed by atoms with van der Waals surface area (Å²) < 4.78 is 0. The molecule has 3 aromatic rings. The second-order valence-electron chi connectivity index (χ2n) is 8.04. The van der Waals surface area contributed by atoms with Gasteiger partial charge in [0.15, 0.2) is 0 Å². The minimum Gasteiger partial charge on any atom is -0.347 e. The molecule has 0 N–H and O–H groups in total. The van der Waals surface area contributed by atoms with Gasteiger partial charge in [-0.1, -0.05) is 30.3 Å². The van der Waals surface area contributed by atoms with Crippen molar-refractivity contribution in [3.05, 3.63) is 71.8 Å². The van der Waals surface area contributed by atoms with Gasteiger partial charge in [0.1, 0.15) is 0 Å².